The number of methoxy groups -OCH3 is 1. The Morgan fingerprint density at radius 2 is 2.00 bits per heavy atom. The molecule has 0 saturated carbocycles. The first kappa shape index (κ1) is 16.1. The maximum Gasteiger partial charge on any atom is 0.0674 e. The van der Waals surface area contributed by atoms with Crippen molar-refractivity contribution in [2.75, 3.05) is 38.3 Å². The van der Waals surface area contributed by atoms with Crippen molar-refractivity contribution in [3.63, 3.8) is 0 Å². The van der Waals surface area contributed by atoms with Gasteiger partial charge in [-0.1, -0.05) is 32.1 Å². The molecule has 0 spiro atoms. The largest absolute Gasteiger partial charge is 0.380 e. The molecule has 0 radical (unpaired) electrons. The summed E-state index contributed by atoms with van der Waals surface area (Å²) in [5.74, 6) is 0. The third-order valence-electron chi connectivity index (χ3n) is 4.15. The second-order valence-corrected chi connectivity index (χ2v) is 5.60. The van der Waals surface area contributed by atoms with Gasteiger partial charge in [0.15, 0.2) is 0 Å². The number of ether oxygens (including phenoxy) is 1. The second kappa shape index (κ2) is 8.20. The number of rotatable bonds is 7. The van der Waals surface area contributed by atoms with Crippen molar-refractivity contribution in [1.82, 2.24) is 5.32 Å². The van der Waals surface area contributed by atoms with Gasteiger partial charge in [0.1, 0.15) is 0 Å². The summed E-state index contributed by atoms with van der Waals surface area (Å²) >= 11 is 0. The third kappa shape index (κ3) is 4.32. The van der Waals surface area contributed by atoms with Gasteiger partial charge in [-0.15, -0.1) is 0 Å². The highest BCUT2D eigenvalue weighted by Crippen LogP contribution is 2.23. The highest BCUT2D eigenvalue weighted by atomic mass is 16.5. The number of nitrogens with one attached hydrogen (secondary N) is 1. The molecular weight excluding hydrogens is 260 g/mol. The molecule has 0 saturated heterocycles. The van der Waals surface area contributed by atoms with Gasteiger partial charge in [-0.25, -0.2) is 0 Å². The predicted octanol–water partition coefficient (Wildman–Crippen LogP) is 3.53. The summed E-state index contributed by atoms with van der Waals surface area (Å²) in [5, 5.41) is 3.53. The number of benzene rings is 1. The van der Waals surface area contributed by atoms with Gasteiger partial charge in [-0.3, -0.25) is 0 Å². The van der Waals surface area contributed by atoms with E-state index in [1.807, 2.05) is 0 Å². The zero-order valence-electron chi connectivity index (χ0n) is 13.6. The molecule has 0 amide bonds. The molecule has 2 rings (SSSR count). The van der Waals surface area contributed by atoms with Crippen LogP contribution in [0.1, 0.15) is 38.3 Å². The summed E-state index contributed by atoms with van der Waals surface area (Å²) in [6.45, 7) is 8.25. The first-order valence-corrected chi connectivity index (χ1v) is 8.03. The third-order valence-corrected chi connectivity index (χ3v) is 4.15. The van der Waals surface area contributed by atoms with Crippen molar-refractivity contribution in [1.29, 1.82) is 0 Å². The normalized spacial score (nSPS) is 16.7. The molecule has 1 heterocycles. The molecule has 3 nitrogen and oxygen atoms in total. The van der Waals surface area contributed by atoms with Gasteiger partial charge in [0.05, 0.1) is 6.61 Å². The lowest BCUT2D eigenvalue weighted by Gasteiger charge is -2.28. The minimum Gasteiger partial charge on any atom is -0.380 e. The Bertz CT molecular complexity index is 453. The fraction of sp³-hybridized carbons (Fsp3) is 0.556. The maximum absolute atomic E-state index is 5.21. The Balaban J connectivity index is 1.99. The van der Waals surface area contributed by atoms with Gasteiger partial charge in [0.2, 0.25) is 0 Å². The summed E-state index contributed by atoms with van der Waals surface area (Å²) in [7, 11) is 1.76. The fourth-order valence-corrected chi connectivity index (χ4v) is 2.92. The quantitative estimate of drug-likeness (QED) is 0.777. The van der Waals surface area contributed by atoms with Gasteiger partial charge in [0.25, 0.3) is 0 Å². The van der Waals surface area contributed by atoms with E-state index in [9.17, 15) is 0 Å². The van der Waals surface area contributed by atoms with E-state index in [1.54, 1.807) is 7.11 Å². The molecule has 116 valence electrons. The number of hydrogen-bond acceptors (Lipinski definition) is 3. The minimum absolute atomic E-state index is 0.471. The lowest BCUT2D eigenvalue weighted by molar-refractivity contribution is 0.222. The van der Waals surface area contributed by atoms with Gasteiger partial charge in [0, 0.05) is 31.9 Å². The lowest BCUT2D eigenvalue weighted by atomic mass is 10.0. The monoisotopic (exact) mass is 288 g/mol. The zero-order valence-corrected chi connectivity index (χ0v) is 13.6. The Morgan fingerprint density at radius 3 is 2.52 bits per heavy atom. The Labute approximate surface area is 129 Å². The van der Waals surface area contributed by atoms with Crippen LogP contribution in [0.2, 0.25) is 0 Å². The molecular formula is C18H28N2O. The molecule has 3 heteroatoms. The van der Waals surface area contributed by atoms with Gasteiger partial charge >= 0.3 is 0 Å². The summed E-state index contributed by atoms with van der Waals surface area (Å²) in [6.07, 6.45) is 4.53. The molecule has 1 atom stereocenters. The van der Waals surface area contributed by atoms with Crippen molar-refractivity contribution in [2.45, 2.75) is 32.7 Å². The van der Waals surface area contributed by atoms with E-state index in [0.717, 1.165) is 39.1 Å². The van der Waals surface area contributed by atoms with Crippen LogP contribution in [0.3, 0.4) is 0 Å². The molecule has 21 heavy (non-hydrogen) atoms. The van der Waals surface area contributed by atoms with Gasteiger partial charge in [-0.2, -0.15) is 0 Å². The van der Waals surface area contributed by atoms with Crippen LogP contribution in [0.4, 0.5) is 5.69 Å². The summed E-state index contributed by atoms with van der Waals surface area (Å²) in [6, 6.07) is 9.51. The van der Waals surface area contributed by atoms with Gasteiger partial charge in [-0.05, 0) is 42.7 Å². The van der Waals surface area contributed by atoms with E-state index in [4.69, 9.17) is 4.74 Å². The second-order valence-electron chi connectivity index (χ2n) is 5.60. The Hall–Kier alpha value is -1.32. The van der Waals surface area contributed by atoms with Crippen LogP contribution in [0.15, 0.2) is 35.9 Å². The summed E-state index contributed by atoms with van der Waals surface area (Å²) in [4.78, 5) is 2.43. The Kier molecular flexibility index (Phi) is 6.27. The molecule has 0 bridgehead atoms. The first-order chi connectivity index (χ1) is 10.3. The molecule has 1 aliphatic heterocycles. The van der Waals surface area contributed by atoms with E-state index in [1.165, 1.54) is 16.8 Å². The highest BCUT2D eigenvalue weighted by molar-refractivity contribution is 5.49. The topological polar surface area (TPSA) is 24.5 Å². The van der Waals surface area contributed by atoms with Crippen molar-refractivity contribution < 1.29 is 4.74 Å². The number of anilines is 1. The van der Waals surface area contributed by atoms with Gasteiger partial charge < -0.3 is 15.0 Å². The summed E-state index contributed by atoms with van der Waals surface area (Å²) < 4.78 is 5.21. The van der Waals surface area contributed by atoms with Crippen LogP contribution in [0.5, 0.6) is 0 Å². The molecule has 0 aromatic heterocycles. The SMILES string of the molecule is CCNC(CC)c1ccc(N2CC=C(COC)CC2)cc1. The van der Waals surface area contributed by atoms with Crippen LogP contribution in [-0.4, -0.2) is 33.4 Å². The molecule has 1 N–H and O–H groups in total. The average molecular weight is 288 g/mol. The molecule has 1 aromatic rings. The maximum atomic E-state index is 5.21. The smallest absolute Gasteiger partial charge is 0.0674 e. The highest BCUT2D eigenvalue weighted by Gasteiger charge is 2.13. The molecule has 1 aromatic carbocycles. The van der Waals surface area contributed by atoms with E-state index in [2.05, 4.69) is 54.4 Å². The number of hydrogen-bond donors (Lipinski definition) is 1. The fourth-order valence-electron chi connectivity index (χ4n) is 2.92. The predicted molar refractivity (Wildman–Crippen MR) is 89.9 cm³/mol. The van der Waals surface area contributed by atoms with Crippen LogP contribution < -0.4 is 10.2 Å². The molecule has 0 aliphatic carbocycles. The minimum atomic E-state index is 0.471. The average Bonchev–Trinajstić information content (AvgIpc) is 2.54. The van der Waals surface area contributed by atoms with Crippen molar-refractivity contribution in [2.24, 2.45) is 0 Å². The van der Waals surface area contributed by atoms with E-state index in [-0.39, 0.29) is 0 Å². The van der Waals surface area contributed by atoms with Crippen LogP contribution in [-0.2, 0) is 4.74 Å². The van der Waals surface area contributed by atoms with Crippen molar-refractivity contribution in [3.8, 4) is 0 Å². The van der Waals surface area contributed by atoms with Crippen LogP contribution >= 0.6 is 0 Å². The van der Waals surface area contributed by atoms with E-state index in [0.29, 0.717) is 6.04 Å². The standard InChI is InChI=1S/C18H28N2O/c1-4-18(19-5-2)16-6-8-17(9-7-16)20-12-10-15(11-13-20)14-21-3/h6-10,18-19H,4-5,11-14H2,1-3H3. The number of nitrogens with zero attached hydrogens (tertiary/aromatic N) is 1. The van der Waals surface area contributed by atoms with E-state index < -0.39 is 0 Å². The molecule has 0 fully saturated rings. The summed E-state index contributed by atoms with van der Waals surface area (Å²) in [5.41, 5.74) is 4.12. The Morgan fingerprint density at radius 1 is 1.24 bits per heavy atom. The van der Waals surface area contributed by atoms with E-state index >= 15 is 0 Å². The van der Waals surface area contributed by atoms with Crippen molar-refractivity contribution in [3.05, 3.63) is 41.5 Å². The lowest BCUT2D eigenvalue weighted by Crippen LogP contribution is -2.29. The molecule has 1 aliphatic rings. The zero-order chi connectivity index (χ0) is 15.1. The molecule has 1 unspecified atom stereocenters. The van der Waals surface area contributed by atoms with Crippen LogP contribution in [0, 0.1) is 0 Å². The van der Waals surface area contributed by atoms with Crippen LogP contribution in [0.25, 0.3) is 0 Å². The van der Waals surface area contributed by atoms with Crippen molar-refractivity contribution >= 4 is 5.69 Å². The first-order valence-electron chi connectivity index (χ1n) is 8.03.